The lowest BCUT2D eigenvalue weighted by molar-refractivity contribution is -0.141. The number of amides is 1. The van der Waals surface area contributed by atoms with Gasteiger partial charge in [-0.25, -0.2) is 4.79 Å². The number of fused-ring (bicyclic) bond motifs is 1. The molecule has 1 aliphatic heterocycles. The number of hydrogen-bond acceptors (Lipinski definition) is 5. The minimum atomic E-state index is -1.16. The third-order valence-corrected chi connectivity index (χ3v) is 4.73. The molecule has 148 valence electrons. The van der Waals surface area contributed by atoms with Gasteiger partial charge < -0.3 is 24.4 Å². The zero-order chi connectivity index (χ0) is 20.4. The molecule has 3 rings (SSSR count). The van der Waals surface area contributed by atoms with Crippen LogP contribution in [-0.4, -0.2) is 44.1 Å². The first-order valence-corrected chi connectivity index (χ1v) is 8.95. The Hall–Kier alpha value is -3.13. The number of aliphatic carboxylic acids is 1. The van der Waals surface area contributed by atoms with Crippen LogP contribution >= 0.6 is 0 Å². The monoisotopic (exact) mass is 386 g/mol. The largest absolute Gasteiger partial charge is 0.483 e. The fourth-order valence-corrected chi connectivity index (χ4v) is 3.32. The van der Waals surface area contributed by atoms with Crippen LogP contribution in [0, 0.1) is 0 Å². The summed E-state index contributed by atoms with van der Waals surface area (Å²) in [5.74, 6) is -1.86. The van der Waals surface area contributed by atoms with Crippen molar-refractivity contribution in [2.75, 3.05) is 6.54 Å². The minimum Gasteiger partial charge on any atom is -0.483 e. The van der Waals surface area contributed by atoms with Crippen molar-refractivity contribution in [2.45, 2.75) is 39.1 Å². The van der Waals surface area contributed by atoms with Crippen molar-refractivity contribution >= 4 is 11.9 Å². The first kappa shape index (κ1) is 19.6. The number of aliphatic hydroxyl groups is 1. The van der Waals surface area contributed by atoms with Gasteiger partial charge in [0.1, 0.15) is 12.6 Å². The molecule has 0 spiro atoms. The molecule has 0 aliphatic carbocycles. The van der Waals surface area contributed by atoms with Gasteiger partial charge in [-0.2, -0.15) is 0 Å². The summed E-state index contributed by atoms with van der Waals surface area (Å²) in [7, 11) is 0. The van der Waals surface area contributed by atoms with Crippen LogP contribution in [0.1, 0.15) is 41.6 Å². The molecule has 1 amide bonds. The molecule has 2 N–H and O–H groups in total. The van der Waals surface area contributed by atoms with Crippen molar-refractivity contribution in [1.29, 1.82) is 0 Å². The highest BCUT2D eigenvalue weighted by atomic mass is 16.5. The second-order valence-electron chi connectivity index (χ2n) is 6.89. The fraction of sp³-hybridized carbons (Fsp3) is 0.350. The van der Waals surface area contributed by atoms with Gasteiger partial charge in [-0.3, -0.25) is 9.59 Å². The molecule has 1 aliphatic rings. The van der Waals surface area contributed by atoms with Gasteiger partial charge in [-0.05, 0) is 19.4 Å². The molecule has 8 nitrogen and oxygen atoms in total. The SMILES string of the molecule is CC(C)N1CC(C(=O)O)n2c(CO)cc(=O)c(OCc3ccccc3)c2C1=O. The maximum Gasteiger partial charge on any atom is 0.328 e. The molecular weight excluding hydrogens is 364 g/mol. The molecular formula is C20H22N2O6. The van der Waals surface area contributed by atoms with E-state index in [-0.39, 0.29) is 36.3 Å². The van der Waals surface area contributed by atoms with Crippen LogP contribution in [0.15, 0.2) is 41.2 Å². The number of hydrogen-bond donors (Lipinski definition) is 2. The summed E-state index contributed by atoms with van der Waals surface area (Å²) in [6, 6.07) is 8.85. The Morgan fingerprint density at radius 2 is 1.93 bits per heavy atom. The van der Waals surface area contributed by atoms with Gasteiger partial charge in [-0.15, -0.1) is 0 Å². The van der Waals surface area contributed by atoms with Crippen LogP contribution in [0.5, 0.6) is 5.75 Å². The predicted molar refractivity (Wildman–Crippen MR) is 100 cm³/mol. The third kappa shape index (κ3) is 3.50. The highest BCUT2D eigenvalue weighted by molar-refractivity contribution is 5.97. The summed E-state index contributed by atoms with van der Waals surface area (Å²) in [5.41, 5.74) is 0.149. The number of ether oxygens (including phenoxy) is 1. The topological polar surface area (TPSA) is 109 Å². The summed E-state index contributed by atoms with van der Waals surface area (Å²) < 4.78 is 6.91. The molecule has 1 aromatic carbocycles. The Morgan fingerprint density at radius 1 is 1.25 bits per heavy atom. The Bertz CT molecular complexity index is 951. The highest BCUT2D eigenvalue weighted by Crippen LogP contribution is 2.30. The fourth-order valence-electron chi connectivity index (χ4n) is 3.32. The van der Waals surface area contributed by atoms with E-state index in [9.17, 15) is 24.6 Å². The van der Waals surface area contributed by atoms with Crippen molar-refractivity contribution in [1.82, 2.24) is 9.47 Å². The number of aliphatic hydroxyl groups excluding tert-OH is 1. The number of nitrogens with zero attached hydrogens (tertiary/aromatic N) is 2. The van der Waals surface area contributed by atoms with Gasteiger partial charge >= 0.3 is 5.97 Å². The van der Waals surface area contributed by atoms with Gasteiger partial charge in [0.05, 0.1) is 13.2 Å². The zero-order valence-electron chi connectivity index (χ0n) is 15.7. The van der Waals surface area contributed by atoms with E-state index >= 15 is 0 Å². The summed E-state index contributed by atoms with van der Waals surface area (Å²) in [6.07, 6.45) is 0. The Balaban J connectivity index is 2.16. The quantitative estimate of drug-likeness (QED) is 0.777. The lowest BCUT2D eigenvalue weighted by Gasteiger charge is -2.38. The maximum absolute atomic E-state index is 13.1. The molecule has 2 heterocycles. The van der Waals surface area contributed by atoms with Gasteiger partial charge in [0, 0.05) is 17.8 Å². The first-order valence-electron chi connectivity index (χ1n) is 8.95. The summed E-state index contributed by atoms with van der Waals surface area (Å²) in [4.78, 5) is 39.0. The number of aromatic nitrogens is 1. The molecule has 0 radical (unpaired) electrons. The van der Waals surface area contributed by atoms with E-state index in [1.807, 2.05) is 30.3 Å². The highest BCUT2D eigenvalue weighted by Gasteiger charge is 2.40. The molecule has 1 atom stereocenters. The maximum atomic E-state index is 13.1. The van der Waals surface area contributed by atoms with Gasteiger partial charge in [0.2, 0.25) is 5.43 Å². The van der Waals surface area contributed by atoms with E-state index < -0.39 is 30.0 Å². The number of carboxylic acids is 1. The van der Waals surface area contributed by atoms with Crippen LogP contribution in [-0.2, 0) is 18.0 Å². The number of rotatable bonds is 6. The van der Waals surface area contributed by atoms with Crippen LogP contribution < -0.4 is 10.2 Å². The third-order valence-electron chi connectivity index (χ3n) is 4.73. The average Bonchev–Trinajstić information content (AvgIpc) is 2.67. The number of benzene rings is 1. The molecule has 0 fully saturated rings. The van der Waals surface area contributed by atoms with Crippen molar-refractivity contribution < 1.29 is 24.5 Å². The summed E-state index contributed by atoms with van der Waals surface area (Å²) >= 11 is 0. The molecule has 28 heavy (non-hydrogen) atoms. The van der Waals surface area contributed by atoms with Crippen molar-refractivity contribution in [2.24, 2.45) is 0 Å². The standard InChI is InChI=1S/C20H22N2O6/c1-12(2)21-9-15(20(26)27)22-14(10-23)8-16(24)18(17(22)19(21)25)28-11-13-6-4-3-5-7-13/h3-8,12,15,23H,9-11H2,1-2H3,(H,26,27). The number of carbonyl (C=O) groups excluding carboxylic acids is 1. The molecule has 0 saturated carbocycles. The predicted octanol–water partition coefficient (Wildman–Crippen LogP) is 1.41. The van der Waals surface area contributed by atoms with E-state index in [0.29, 0.717) is 0 Å². The van der Waals surface area contributed by atoms with Gasteiger partial charge in [0.25, 0.3) is 5.91 Å². The summed E-state index contributed by atoms with van der Waals surface area (Å²) in [6.45, 7) is 2.96. The van der Waals surface area contributed by atoms with Crippen molar-refractivity contribution in [3.63, 3.8) is 0 Å². The smallest absolute Gasteiger partial charge is 0.328 e. The molecule has 8 heteroatoms. The normalized spacial score (nSPS) is 16.2. The van der Waals surface area contributed by atoms with Crippen LogP contribution in [0.3, 0.4) is 0 Å². The van der Waals surface area contributed by atoms with Crippen molar-refractivity contribution in [3.05, 3.63) is 63.6 Å². The van der Waals surface area contributed by atoms with E-state index in [4.69, 9.17) is 4.74 Å². The van der Waals surface area contributed by atoms with Crippen LogP contribution in [0.2, 0.25) is 0 Å². The van der Waals surface area contributed by atoms with Crippen LogP contribution in [0.25, 0.3) is 0 Å². The first-order chi connectivity index (χ1) is 13.3. The average molecular weight is 386 g/mol. The molecule has 1 aromatic heterocycles. The zero-order valence-corrected chi connectivity index (χ0v) is 15.7. The molecule has 0 bridgehead atoms. The van der Waals surface area contributed by atoms with E-state index in [0.717, 1.165) is 11.6 Å². The van der Waals surface area contributed by atoms with Gasteiger partial charge in [0.15, 0.2) is 11.4 Å². The van der Waals surface area contributed by atoms with E-state index in [2.05, 4.69) is 0 Å². The molecule has 0 saturated heterocycles. The lowest BCUT2D eigenvalue weighted by Crippen LogP contribution is -2.50. The Morgan fingerprint density at radius 3 is 2.50 bits per heavy atom. The van der Waals surface area contributed by atoms with Gasteiger partial charge in [-0.1, -0.05) is 30.3 Å². The lowest BCUT2D eigenvalue weighted by atomic mass is 10.1. The second kappa shape index (κ2) is 7.85. The van der Waals surface area contributed by atoms with E-state index in [1.54, 1.807) is 13.8 Å². The number of pyridine rings is 1. The van der Waals surface area contributed by atoms with Crippen molar-refractivity contribution in [3.8, 4) is 5.75 Å². The number of carbonyl (C=O) groups is 2. The number of carboxylic acid groups (broad SMARTS) is 1. The molecule has 1 unspecified atom stereocenters. The minimum absolute atomic E-state index is 0.0498. The molecule has 2 aromatic rings. The van der Waals surface area contributed by atoms with E-state index in [1.165, 1.54) is 9.47 Å². The Kier molecular flexibility index (Phi) is 5.51. The second-order valence-corrected chi connectivity index (χ2v) is 6.89. The summed E-state index contributed by atoms with van der Waals surface area (Å²) in [5, 5.41) is 19.4. The Labute approximate surface area is 161 Å². The van der Waals surface area contributed by atoms with Crippen LogP contribution in [0.4, 0.5) is 0 Å².